The summed E-state index contributed by atoms with van der Waals surface area (Å²) in [5.74, 6) is 0. The minimum atomic E-state index is -1.28. The van der Waals surface area contributed by atoms with Gasteiger partial charge < -0.3 is 4.90 Å². The van der Waals surface area contributed by atoms with E-state index in [0.717, 1.165) is 0 Å². The summed E-state index contributed by atoms with van der Waals surface area (Å²) in [6.45, 7) is 0. The maximum atomic E-state index is 9.95. The maximum absolute atomic E-state index is 9.95. The number of rotatable bonds is 5. The molecule has 0 unspecified atom stereocenters. The number of hydrogen-bond acceptors (Lipinski definition) is 4. The van der Waals surface area contributed by atoms with Gasteiger partial charge in [-0.2, -0.15) is 0 Å². The highest BCUT2D eigenvalue weighted by Crippen LogP contribution is 2.44. The minimum Gasteiger partial charge on any atom is -0.311 e. The van der Waals surface area contributed by atoms with Crippen molar-refractivity contribution in [3.05, 3.63) is 181 Å². The molecule has 10 rings (SSSR count). The van der Waals surface area contributed by atoms with Crippen molar-refractivity contribution in [2.24, 2.45) is 0 Å². The summed E-state index contributed by atoms with van der Waals surface area (Å²) in [5, 5.41) is -4.52. The number of fused-ring (bicyclic) bond motifs is 8. The summed E-state index contributed by atoms with van der Waals surface area (Å²) in [5.41, 5.74) is -8.61. The topological polar surface area (TPSA) is 41.9 Å². The van der Waals surface area contributed by atoms with Crippen LogP contribution in [0.5, 0.6) is 0 Å². The Labute approximate surface area is 337 Å². The van der Waals surface area contributed by atoms with Crippen LogP contribution in [0.2, 0.25) is 0 Å². The Morgan fingerprint density at radius 3 is 1.82 bits per heavy atom. The number of anilines is 3. The number of para-hydroxylation sites is 3. The van der Waals surface area contributed by atoms with E-state index >= 15 is 0 Å². The van der Waals surface area contributed by atoms with Crippen molar-refractivity contribution >= 4 is 71.3 Å². The second kappa shape index (κ2) is 11.9. The highest BCUT2D eigenvalue weighted by Gasteiger charge is 2.20. The van der Waals surface area contributed by atoms with Crippen molar-refractivity contribution in [3.63, 3.8) is 0 Å². The summed E-state index contributed by atoms with van der Waals surface area (Å²) in [6.07, 6.45) is -0.834. The van der Waals surface area contributed by atoms with E-state index in [2.05, 4.69) is 15.0 Å². The summed E-state index contributed by atoms with van der Waals surface area (Å²) >= 11 is 0. The number of aromatic nitrogens is 3. The van der Waals surface area contributed by atoms with Gasteiger partial charge in [0.1, 0.15) is 0 Å². The van der Waals surface area contributed by atoms with Gasteiger partial charge >= 0.3 is 0 Å². The van der Waals surface area contributed by atoms with Crippen LogP contribution < -0.4 is 4.90 Å². The second-order valence-corrected chi connectivity index (χ2v) is 10.6. The van der Waals surface area contributed by atoms with Gasteiger partial charge in [0, 0.05) is 61.3 Å². The number of pyridine rings is 3. The van der Waals surface area contributed by atoms with E-state index in [9.17, 15) is 13.7 Å². The van der Waals surface area contributed by atoms with Crippen LogP contribution in [0.3, 0.4) is 0 Å². The molecule has 0 spiro atoms. The normalized spacial score (nSPS) is 19.8. The lowest BCUT2D eigenvalue weighted by atomic mass is 9.90. The Hall–Kier alpha value is -6.91. The Morgan fingerprint density at radius 2 is 1.06 bits per heavy atom. The molecule has 0 radical (unpaired) electrons. The summed E-state index contributed by atoms with van der Waals surface area (Å²) in [6, 6.07) is -29.2. The molecular weight excluding hydrogens is 621 g/mol. The molecule has 0 aliphatic heterocycles. The predicted octanol–water partition coefficient (Wildman–Crippen LogP) is 12.4. The number of nitrogens with zero attached hydrogens (tertiary/aromatic N) is 4. The molecule has 0 atom stereocenters. The monoisotopic (exact) mass is 680 g/mol. The van der Waals surface area contributed by atoms with Crippen molar-refractivity contribution < 1.29 is 41.1 Å². The van der Waals surface area contributed by atoms with Crippen LogP contribution in [0.25, 0.3) is 76.8 Å². The first-order valence-electron chi connectivity index (χ1n) is 29.8. The zero-order valence-corrected chi connectivity index (χ0v) is 25.3. The highest BCUT2D eigenvalue weighted by molar-refractivity contribution is 6.26. The quantitative estimate of drug-likeness (QED) is 0.170. The van der Waals surface area contributed by atoms with Gasteiger partial charge in [-0.1, -0.05) is 115 Å². The molecule has 10 aromatic rings. The van der Waals surface area contributed by atoms with E-state index in [-0.39, 0.29) is 0 Å². The standard InChI is InChI=1S/C47H30N4/c1-3-14-35(15-4-1)51(36-16-5-2-6-17-36)37-26-23-32(24-27-37)45-44-40(42-28-25-33-22-21-31-13-11-29-48-46(31)47(33)50-42)30-34-12-7-8-18-38(34)43(44)39-19-9-10-20-41(39)49-45/h1-30H/i1D,2D,3D,4D,5D,6D,7D,8D,9D,10D,11D,12D,13D,14D,15D,16D,17D,18D,19D,20D,21D,22D,23D,24D,25D,26D,27D,28D,29D,30D. The van der Waals surface area contributed by atoms with Gasteiger partial charge in [-0.15, -0.1) is 0 Å². The molecule has 0 aliphatic carbocycles. The first-order valence-corrected chi connectivity index (χ1v) is 14.8. The van der Waals surface area contributed by atoms with Gasteiger partial charge in [0.25, 0.3) is 0 Å². The third kappa shape index (κ3) is 4.88. The molecule has 3 aromatic heterocycles. The predicted molar refractivity (Wildman–Crippen MR) is 213 cm³/mol. The lowest BCUT2D eigenvalue weighted by molar-refractivity contribution is 1.28. The summed E-state index contributed by atoms with van der Waals surface area (Å²) in [4.78, 5) is 13.6. The second-order valence-electron chi connectivity index (χ2n) is 10.6. The molecule has 0 fully saturated rings. The summed E-state index contributed by atoms with van der Waals surface area (Å²) in [7, 11) is 0. The lowest BCUT2D eigenvalue weighted by Crippen LogP contribution is -2.09. The van der Waals surface area contributed by atoms with E-state index < -0.39 is 275 Å². The van der Waals surface area contributed by atoms with Crippen LogP contribution in [0.15, 0.2) is 181 Å². The number of hydrogen-bond donors (Lipinski definition) is 0. The molecule has 0 bridgehead atoms. The van der Waals surface area contributed by atoms with E-state index in [4.69, 9.17) is 27.4 Å². The van der Waals surface area contributed by atoms with E-state index in [1.165, 1.54) is 0 Å². The molecule has 238 valence electrons. The van der Waals surface area contributed by atoms with Crippen LogP contribution in [-0.2, 0) is 0 Å². The van der Waals surface area contributed by atoms with Gasteiger partial charge in [0.15, 0.2) is 0 Å². The van der Waals surface area contributed by atoms with Crippen LogP contribution in [0.1, 0.15) is 41.1 Å². The lowest BCUT2D eigenvalue weighted by Gasteiger charge is -2.25. The molecule has 0 saturated carbocycles. The average Bonchev–Trinajstić information content (AvgIpc) is 3.48. The SMILES string of the molecule is [2H]c1nc2c(c([2H])c1[2H])c([2H])c([2H])c1c([2H])c([2H])c(-c3c([2H])c4c([2H])c([2H])c([2H])c([2H])c4c4c3c(-c3c([2H])c([2H])c(N(c5c([2H])c([2H])c([2H])c([2H])c5[2H])c5c([2H])c([2H])c([2H])c([2H])c5[2H])c([2H])c3[2H])nc3c([2H])c([2H])c([2H])c([2H])c34)nc12. The zero-order valence-electron chi connectivity index (χ0n) is 55.3. The smallest absolute Gasteiger partial charge is 0.0972 e. The Kier molecular flexibility index (Phi) is 2.77. The van der Waals surface area contributed by atoms with Crippen LogP contribution in [-0.4, -0.2) is 15.0 Å². The van der Waals surface area contributed by atoms with Gasteiger partial charge in [-0.25, -0.2) is 9.97 Å². The molecule has 0 saturated heterocycles. The van der Waals surface area contributed by atoms with Crippen LogP contribution >= 0.6 is 0 Å². The Morgan fingerprint density at radius 1 is 0.451 bits per heavy atom. The molecular formula is C47H30N4. The fraction of sp³-hybridized carbons (Fsp3) is 0. The Bertz CT molecular complexity index is 4510. The van der Waals surface area contributed by atoms with Crippen LogP contribution in [0, 0.1) is 0 Å². The fourth-order valence-corrected chi connectivity index (χ4v) is 5.63. The largest absolute Gasteiger partial charge is 0.311 e. The van der Waals surface area contributed by atoms with Crippen molar-refractivity contribution in [1.29, 1.82) is 0 Å². The molecule has 0 amide bonds. The first kappa shape index (κ1) is 11.9. The molecule has 0 N–H and O–H groups in total. The fourth-order valence-electron chi connectivity index (χ4n) is 5.63. The van der Waals surface area contributed by atoms with Gasteiger partial charge in [0.05, 0.1) is 69.1 Å². The van der Waals surface area contributed by atoms with Crippen LogP contribution in [0.4, 0.5) is 17.1 Å². The van der Waals surface area contributed by atoms with Gasteiger partial charge in [-0.05, 0) is 71.2 Å². The van der Waals surface area contributed by atoms with Crippen molar-refractivity contribution in [3.8, 4) is 22.5 Å². The molecule has 7 aromatic carbocycles. The van der Waals surface area contributed by atoms with Crippen molar-refractivity contribution in [2.75, 3.05) is 4.90 Å². The molecule has 51 heavy (non-hydrogen) atoms. The highest BCUT2D eigenvalue weighted by atomic mass is 15.1. The summed E-state index contributed by atoms with van der Waals surface area (Å²) < 4.78 is 269. The molecule has 4 nitrogen and oxygen atoms in total. The maximum Gasteiger partial charge on any atom is 0.0972 e. The molecule has 4 heteroatoms. The molecule has 0 aliphatic rings. The van der Waals surface area contributed by atoms with Crippen molar-refractivity contribution in [1.82, 2.24) is 15.0 Å². The zero-order chi connectivity index (χ0) is 59.8. The number of benzene rings is 7. The minimum absolute atomic E-state index is 0.362. The van der Waals surface area contributed by atoms with Gasteiger partial charge in [0.2, 0.25) is 0 Å². The Balaban J connectivity index is 1.50. The van der Waals surface area contributed by atoms with E-state index in [1.54, 1.807) is 0 Å². The molecule has 3 heterocycles. The third-order valence-electron chi connectivity index (χ3n) is 7.75. The third-order valence-corrected chi connectivity index (χ3v) is 7.75. The van der Waals surface area contributed by atoms with Gasteiger partial charge in [-0.3, -0.25) is 4.98 Å². The van der Waals surface area contributed by atoms with E-state index in [1.807, 2.05) is 0 Å². The van der Waals surface area contributed by atoms with E-state index in [0.29, 0.717) is 4.90 Å². The average molecular weight is 681 g/mol. The van der Waals surface area contributed by atoms with Crippen molar-refractivity contribution in [2.45, 2.75) is 0 Å². The first-order chi connectivity index (χ1) is 37.8.